The summed E-state index contributed by atoms with van der Waals surface area (Å²) in [5, 5.41) is 2.26. The van der Waals surface area contributed by atoms with Gasteiger partial charge in [0.2, 0.25) is 0 Å². The lowest BCUT2D eigenvalue weighted by Crippen LogP contribution is -2.13. The predicted octanol–water partition coefficient (Wildman–Crippen LogP) is 8.32. The van der Waals surface area contributed by atoms with Crippen molar-refractivity contribution in [3.8, 4) is 16.9 Å². The van der Waals surface area contributed by atoms with Gasteiger partial charge in [0.15, 0.2) is 11.6 Å². The van der Waals surface area contributed by atoms with Crippen LogP contribution in [0.15, 0.2) is 54.6 Å². The van der Waals surface area contributed by atoms with E-state index in [4.69, 9.17) is 0 Å². The fourth-order valence-electron chi connectivity index (χ4n) is 4.76. The van der Waals surface area contributed by atoms with Crippen LogP contribution in [0.25, 0.3) is 21.9 Å². The van der Waals surface area contributed by atoms with Gasteiger partial charge in [0.25, 0.3) is 0 Å². The molecule has 0 atom stereocenters. The molecule has 4 heteroatoms. The molecule has 30 heavy (non-hydrogen) atoms. The topological polar surface area (TPSA) is 9.23 Å². The molecule has 0 N–H and O–H groups in total. The van der Waals surface area contributed by atoms with Gasteiger partial charge in [-0.3, -0.25) is 0 Å². The Bertz CT molecular complexity index is 1010. The first-order chi connectivity index (χ1) is 14.5. The summed E-state index contributed by atoms with van der Waals surface area (Å²) in [6.45, 7) is -0.772. The summed E-state index contributed by atoms with van der Waals surface area (Å²) in [5.74, 6) is 0.306. The van der Waals surface area contributed by atoms with Crippen LogP contribution < -0.4 is 4.74 Å². The summed E-state index contributed by atoms with van der Waals surface area (Å²) in [6.07, 6.45) is 7.81. The van der Waals surface area contributed by atoms with Gasteiger partial charge < -0.3 is 4.74 Å². The lowest BCUT2D eigenvalue weighted by Gasteiger charge is -2.28. The number of rotatable bonds is 6. The molecule has 3 aromatic carbocycles. The predicted molar refractivity (Wildman–Crippen MR) is 116 cm³/mol. The smallest absolute Gasteiger partial charge is 0.387 e. The van der Waals surface area contributed by atoms with Crippen molar-refractivity contribution in [2.24, 2.45) is 5.92 Å². The molecule has 0 radical (unpaired) electrons. The first-order valence-electron chi connectivity index (χ1n) is 10.8. The van der Waals surface area contributed by atoms with Crippen molar-refractivity contribution >= 4 is 10.8 Å². The molecule has 0 amide bonds. The zero-order chi connectivity index (χ0) is 21.1. The van der Waals surface area contributed by atoms with E-state index in [0.717, 1.165) is 16.9 Å². The summed E-state index contributed by atoms with van der Waals surface area (Å²) in [5.41, 5.74) is 2.89. The molecule has 4 rings (SSSR count). The van der Waals surface area contributed by atoms with Crippen LogP contribution in [0.1, 0.15) is 56.9 Å². The highest BCUT2D eigenvalue weighted by Gasteiger charge is 2.22. The van der Waals surface area contributed by atoms with Gasteiger partial charge in [0, 0.05) is 0 Å². The summed E-state index contributed by atoms with van der Waals surface area (Å²) in [7, 11) is 0. The van der Waals surface area contributed by atoms with Crippen molar-refractivity contribution in [2.75, 3.05) is 0 Å². The number of halogens is 3. The Labute approximate surface area is 175 Å². The van der Waals surface area contributed by atoms with Crippen LogP contribution in [0.3, 0.4) is 0 Å². The van der Waals surface area contributed by atoms with E-state index in [-0.39, 0.29) is 0 Å². The Morgan fingerprint density at radius 1 is 0.867 bits per heavy atom. The van der Waals surface area contributed by atoms with E-state index in [1.54, 1.807) is 6.07 Å². The van der Waals surface area contributed by atoms with Gasteiger partial charge in [-0.15, -0.1) is 0 Å². The molecule has 1 fully saturated rings. The minimum atomic E-state index is -3.04. The highest BCUT2D eigenvalue weighted by molar-refractivity contribution is 5.88. The highest BCUT2D eigenvalue weighted by Crippen LogP contribution is 2.38. The molecule has 0 spiro atoms. The Balaban J connectivity index is 1.53. The Hall–Kier alpha value is -2.49. The van der Waals surface area contributed by atoms with Gasteiger partial charge in [0.05, 0.1) is 0 Å². The zero-order valence-corrected chi connectivity index (χ0v) is 17.2. The number of hydrogen-bond donors (Lipinski definition) is 0. The van der Waals surface area contributed by atoms with Gasteiger partial charge in [-0.25, -0.2) is 4.39 Å². The monoisotopic (exact) mass is 412 g/mol. The van der Waals surface area contributed by atoms with Crippen molar-refractivity contribution in [1.29, 1.82) is 0 Å². The van der Waals surface area contributed by atoms with Gasteiger partial charge in [-0.2, -0.15) is 8.78 Å². The maximum absolute atomic E-state index is 14.1. The first-order valence-corrected chi connectivity index (χ1v) is 10.8. The summed E-state index contributed by atoms with van der Waals surface area (Å²) in [6, 6.07) is 16.7. The summed E-state index contributed by atoms with van der Waals surface area (Å²) < 4.78 is 42.9. The van der Waals surface area contributed by atoms with Crippen LogP contribution in [-0.4, -0.2) is 6.61 Å². The van der Waals surface area contributed by atoms with E-state index >= 15 is 0 Å². The lowest BCUT2D eigenvalue weighted by atomic mass is 9.77. The Kier molecular flexibility index (Phi) is 6.31. The molecular weight excluding hydrogens is 385 g/mol. The molecule has 1 aliphatic carbocycles. The minimum absolute atomic E-state index is 0.437. The average Bonchev–Trinajstić information content (AvgIpc) is 2.75. The molecule has 158 valence electrons. The average molecular weight is 412 g/mol. The van der Waals surface area contributed by atoms with E-state index in [1.165, 1.54) is 61.6 Å². The second kappa shape index (κ2) is 9.11. The Morgan fingerprint density at radius 3 is 2.23 bits per heavy atom. The third kappa shape index (κ3) is 4.63. The zero-order valence-electron chi connectivity index (χ0n) is 17.2. The number of benzene rings is 3. The molecule has 0 heterocycles. The molecule has 0 bridgehead atoms. The lowest BCUT2D eigenvalue weighted by molar-refractivity contribution is -0.0521. The van der Waals surface area contributed by atoms with Crippen LogP contribution in [0.4, 0.5) is 13.2 Å². The molecule has 0 aliphatic heterocycles. The van der Waals surface area contributed by atoms with Crippen molar-refractivity contribution in [3.05, 3.63) is 66.0 Å². The standard InChI is InChI=1S/C26H27F3O/c1-2-3-17-4-6-18(7-5-17)19-8-9-21-15-22(11-10-20(21)14-19)23-12-13-25(24(27)16-23)30-26(28)29/h8-18,26H,2-7H2,1H3. The van der Waals surface area contributed by atoms with E-state index in [1.807, 2.05) is 12.1 Å². The SMILES string of the molecule is CCCC1CCC(c2ccc3cc(-c4ccc(OC(F)F)c(F)c4)ccc3c2)CC1. The maximum Gasteiger partial charge on any atom is 0.387 e. The molecule has 3 aromatic rings. The van der Waals surface area contributed by atoms with Gasteiger partial charge in [-0.1, -0.05) is 56.2 Å². The fraction of sp³-hybridized carbons (Fsp3) is 0.385. The summed E-state index contributed by atoms with van der Waals surface area (Å²) >= 11 is 0. The number of hydrogen-bond acceptors (Lipinski definition) is 1. The first kappa shape index (κ1) is 20.8. The van der Waals surface area contributed by atoms with E-state index < -0.39 is 18.2 Å². The molecule has 1 nitrogen and oxygen atoms in total. The highest BCUT2D eigenvalue weighted by atomic mass is 19.3. The maximum atomic E-state index is 14.1. The van der Waals surface area contributed by atoms with Crippen LogP contribution in [0.5, 0.6) is 5.75 Å². The number of ether oxygens (including phenoxy) is 1. The van der Waals surface area contributed by atoms with E-state index in [0.29, 0.717) is 11.5 Å². The van der Waals surface area contributed by atoms with Crippen molar-refractivity contribution in [2.45, 2.75) is 58.0 Å². The van der Waals surface area contributed by atoms with Crippen LogP contribution in [-0.2, 0) is 0 Å². The second-order valence-corrected chi connectivity index (χ2v) is 8.35. The van der Waals surface area contributed by atoms with Crippen LogP contribution in [0.2, 0.25) is 0 Å². The van der Waals surface area contributed by atoms with E-state index in [2.05, 4.69) is 35.9 Å². The molecule has 1 saturated carbocycles. The van der Waals surface area contributed by atoms with Crippen LogP contribution in [0, 0.1) is 11.7 Å². The van der Waals surface area contributed by atoms with Crippen molar-refractivity contribution in [1.82, 2.24) is 0 Å². The van der Waals surface area contributed by atoms with Crippen molar-refractivity contribution < 1.29 is 17.9 Å². The normalized spacial score (nSPS) is 19.4. The van der Waals surface area contributed by atoms with Crippen molar-refractivity contribution in [3.63, 3.8) is 0 Å². The second-order valence-electron chi connectivity index (χ2n) is 8.35. The molecule has 0 unspecified atom stereocenters. The quantitative estimate of drug-likeness (QED) is 0.395. The molecule has 0 saturated heterocycles. The largest absolute Gasteiger partial charge is 0.432 e. The van der Waals surface area contributed by atoms with Gasteiger partial charge >= 0.3 is 6.61 Å². The Morgan fingerprint density at radius 2 is 1.53 bits per heavy atom. The summed E-state index contributed by atoms with van der Waals surface area (Å²) in [4.78, 5) is 0. The number of fused-ring (bicyclic) bond motifs is 1. The van der Waals surface area contributed by atoms with Crippen LogP contribution >= 0.6 is 0 Å². The third-order valence-corrected chi connectivity index (χ3v) is 6.36. The molecular formula is C26H27F3O. The molecule has 1 aliphatic rings. The van der Waals surface area contributed by atoms with Gasteiger partial charge in [-0.05, 0) is 83.2 Å². The fourth-order valence-corrected chi connectivity index (χ4v) is 4.76. The van der Waals surface area contributed by atoms with E-state index in [9.17, 15) is 13.2 Å². The minimum Gasteiger partial charge on any atom is -0.432 e. The van der Waals surface area contributed by atoms with Gasteiger partial charge in [0.1, 0.15) is 0 Å². The number of alkyl halides is 2. The third-order valence-electron chi connectivity index (χ3n) is 6.36. The molecule has 0 aromatic heterocycles.